The van der Waals surface area contributed by atoms with Gasteiger partial charge in [0.05, 0.1) is 10.8 Å². The molecule has 19 heavy (non-hydrogen) atoms. The van der Waals surface area contributed by atoms with Crippen molar-refractivity contribution in [3.63, 3.8) is 0 Å². The Hall–Kier alpha value is -1.93. The van der Waals surface area contributed by atoms with E-state index in [9.17, 15) is 4.79 Å². The third-order valence-corrected chi connectivity index (χ3v) is 2.98. The van der Waals surface area contributed by atoms with E-state index in [0.717, 1.165) is 11.8 Å². The van der Waals surface area contributed by atoms with Crippen LogP contribution in [0.15, 0.2) is 29.8 Å². The number of nitrogens with one attached hydrogen (secondary N) is 1. The molecule has 0 aromatic carbocycles. The van der Waals surface area contributed by atoms with Crippen molar-refractivity contribution in [2.24, 2.45) is 0 Å². The predicted molar refractivity (Wildman–Crippen MR) is 72.8 cm³/mol. The summed E-state index contributed by atoms with van der Waals surface area (Å²) in [6, 6.07) is 3.26. The zero-order valence-electron chi connectivity index (χ0n) is 9.58. The highest BCUT2D eigenvalue weighted by molar-refractivity contribution is 7.99. The van der Waals surface area contributed by atoms with E-state index in [1.54, 1.807) is 12.1 Å². The molecule has 9 heteroatoms. The van der Waals surface area contributed by atoms with E-state index in [0.29, 0.717) is 16.0 Å². The zero-order valence-corrected chi connectivity index (χ0v) is 11.1. The molecule has 0 aliphatic rings. The monoisotopic (exact) mass is 296 g/mol. The van der Waals surface area contributed by atoms with Crippen LogP contribution in [0.5, 0.6) is 0 Å². The maximum Gasteiger partial charge on any atom is 0.236 e. The molecule has 0 spiro atoms. The molecule has 0 saturated carbocycles. The number of carbonyl (C=O) groups is 1. The summed E-state index contributed by atoms with van der Waals surface area (Å²) >= 11 is 6.85. The third kappa shape index (κ3) is 4.34. The Morgan fingerprint density at radius 3 is 2.89 bits per heavy atom. The molecule has 3 N–H and O–H groups in total. The maximum atomic E-state index is 11.6. The van der Waals surface area contributed by atoms with Crippen LogP contribution in [0, 0.1) is 0 Å². The fraction of sp³-hybridized carbons (Fsp3) is 0.100. The second-order valence-electron chi connectivity index (χ2n) is 3.32. The molecule has 0 bridgehead atoms. The molecule has 0 atom stereocenters. The molecule has 0 radical (unpaired) electrons. The molecule has 0 aliphatic heterocycles. The minimum absolute atomic E-state index is 0.122. The fourth-order valence-electron chi connectivity index (χ4n) is 1.12. The molecule has 2 rings (SSSR count). The molecule has 0 aliphatic carbocycles. The van der Waals surface area contributed by atoms with E-state index in [1.165, 1.54) is 12.5 Å². The van der Waals surface area contributed by atoms with Gasteiger partial charge in [-0.2, -0.15) is 4.98 Å². The molecule has 2 heterocycles. The number of amides is 1. The second kappa shape index (κ2) is 6.30. The highest BCUT2D eigenvalue weighted by Gasteiger charge is 2.06. The molecule has 2 aromatic rings. The average Bonchev–Trinajstić information content (AvgIpc) is 2.39. The fourth-order valence-corrected chi connectivity index (χ4v) is 1.85. The lowest BCUT2D eigenvalue weighted by Crippen LogP contribution is -2.15. The topological polar surface area (TPSA) is 107 Å². The van der Waals surface area contributed by atoms with Crippen LogP contribution in [0.4, 0.5) is 11.8 Å². The Labute approximate surface area is 118 Å². The first-order valence-electron chi connectivity index (χ1n) is 5.12. The zero-order chi connectivity index (χ0) is 13.7. The van der Waals surface area contributed by atoms with Crippen LogP contribution in [0.1, 0.15) is 0 Å². The molecular weight excluding hydrogens is 288 g/mol. The lowest BCUT2D eigenvalue weighted by atomic mass is 10.4. The maximum absolute atomic E-state index is 11.6. The number of thioether (sulfide) groups is 1. The van der Waals surface area contributed by atoms with Crippen LogP contribution in [0.25, 0.3) is 0 Å². The Morgan fingerprint density at radius 1 is 1.37 bits per heavy atom. The van der Waals surface area contributed by atoms with Crippen molar-refractivity contribution in [1.29, 1.82) is 0 Å². The number of hydrogen-bond donors (Lipinski definition) is 2. The van der Waals surface area contributed by atoms with Gasteiger partial charge >= 0.3 is 0 Å². The average molecular weight is 297 g/mol. The van der Waals surface area contributed by atoms with E-state index in [2.05, 4.69) is 25.3 Å². The van der Waals surface area contributed by atoms with Gasteiger partial charge in [-0.1, -0.05) is 23.4 Å². The van der Waals surface area contributed by atoms with E-state index in [-0.39, 0.29) is 17.6 Å². The van der Waals surface area contributed by atoms with Crippen molar-refractivity contribution in [1.82, 2.24) is 19.9 Å². The normalized spacial score (nSPS) is 10.2. The van der Waals surface area contributed by atoms with Crippen molar-refractivity contribution >= 4 is 41.0 Å². The predicted octanol–water partition coefficient (Wildman–Crippen LogP) is 1.23. The number of nitrogens with two attached hydrogens (primary N) is 1. The first-order valence-corrected chi connectivity index (χ1v) is 6.48. The number of anilines is 2. The van der Waals surface area contributed by atoms with Gasteiger partial charge in [-0.3, -0.25) is 4.79 Å². The smallest absolute Gasteiger partial charge is 0.236 e. The van der Waals surface area contributed by atoms with Gasteiger partial charge in [0.2, 0.25) is 11.9 Å². The van der Waals surface area contributed by atoms with Crippen LogP contribution in [-0.2, 0) is 4.79 Å². The summed E-state index contributed by atoms with van der Waals surface area (Å²) in [7, 11) is 0. The van der Waals surface area contributed by atoms with Crippen molar-refractivity contribution in [3.05, 3.63) is 29.7 Å². The highest BCUT2D eigenvalue weighted by Crippen LogP contribution is 2.13. The summed E-state index contributed by atoms with van der Waals surface area (Å²) in [5.41, 5.74) is 5.40. The minimum Gasteiger partial charge on any atom is -0.368 e. The third-order valence-electron chi connectivity index (χ3n) is 1.90. The Morgan fingerprint density at radius 2 is 2.21 bits per heavy atom. The first-order chi connectivity index (χ1) is 9.13. The van der Waals surface area contributed by atoms with Gasteiger partial charge in [0, 0.05) is 6.20 Å². The van der Waals surface area contributed by atoms with Crippen LogP contribution in [0.2, 0.25) is 5.02 Å². The molecular formula is C10H9ClN6OS. The largest absolute Gasteiger partial charge is 0.368 e. The Kier molecular flexibility index (Phi) is 4.48. The lowest BCUT2D eigenvalue weighted by molar-refractivity contribution is -0.113. The first kappa shape index (κ1) is 13.5. The molecule has 0 fully saturated rings. The molecule has 2 aromatic heterocycles. The number of halogens is 1. The van der Waals surface area contributed by atoms with Crippen molar-refractivity contribution in [3.8, 4) is 0 Å². The van der Waals surface area contributed by atoms with Crippen LogP contribution in [0.3, 0.4) is 0 Å². The highest BCUT2D eigenvalue weighted by atomic mass is 35.5. The van der Waals surface area contributed by atoms with E-state index in [1.807, 2.05) is 0 Å². The molecule has 1 amide bonds. The van der Waals surface area contributed by atoms with E-state index in [4.69, 9.17) is 17.3 Å². The number of aromatic nitrogens is 4. The molecule has 7 nitrogen and oxygen atoms in total. The Balaban J connectivity index is 1.86. The lowest BCUT2D eigenvalue weighted by Gasteiger charge is -2.03. The van der Waals surface area contributed by atoms with Crippen molar-refractivity contribution < 1.29 is 4.79 Å². The van der Waals surface area contributed by atoms with Crippen molar-refractivity contribution in [2.45, 2.75) is 5.16 Å². The van der Waals surface area contributed by atoms with Gasteiger partial charge in [0.15, 0.2) is 5.16 Å². The van der Waals surface area contributed by atoms with Crippen LogP contribution >= 0.6 is 23.4 Å². The minimum atomic E-state index is -0.223. The van der Waals surface area contributed by atoms with Gasteiger partial charge in [-0.25, -0.2) is 15.0 Å². The molecule has 0 saturated heterocycles. The van der Waals surface area contributed by atoms with Crippen LogP contribution in [-0.4, -0.2) is 31.6 Å². The summed E-state index contributed by atoms with van der Waals surface area (Å²) in [4.78, 5) is 27.0. The summed E-state index contributed by atoms with van der Waals surface area (Å²) in [5, 5.41) is 3.52. The molecule has 0 unspecified atom stereocenters. The van der Waals surface area contributed by atoms with Crippen molar-refractivity contribution in [2.75, 3.05) is 16.8 Å². The number of nitrogen functional groups attached to an aromatic ring is 1. The van der Waals surface area contributed by atoms with E-state index < -0.39 is 0 Å². The van der Waals surface area contributed by atoms with Gasteiger partial charge in [-0.15, -0.1) is 0 Å². The Bertz CT molecular complexity index is 578. The van der Waals surface area contributed by atoms with Gasteiger partial charge in [0.25, 0.3) is 0 Å². The van der Waals surface area contributed by atoms with Crippen LogP contribution < -0.4 is 11.1 Å². The van der Waals surface area contributed by atoms with Gasteiger partial charge in [-0.05, 0) is 12.1 Å². The summed E-state index contributed by atoms with van der Waals surface area (Å²) in [6.07, 6.45) is 2.75. The SMILES string of the molecule is Nc1ncnc(SCC(=O)Nc2ccc(Cl)cn2)n1. The molecule has 98 valence electrons. The number of carbonyl (C=O) groups excluding carboxylic acids is 1. The standard InChI is InChI=1S/C10H9ClN6OS/c11-6-1-2-7(13-3-6)16-8(18)4-19-10-15-5-14-9(12)17-10/h1-3,5H,4H2,(H,13,16,18)(H2,12,14,15,17). The summed E-state index contributed by atoms with van der Waals surface area (Å²) in [5.74, 6) is 0.481. The summed E-state index contributed by atoms with van der Waals surface area (Å²) < 4.78 is 0. The quantitative estimate of drug-likeness (QED) is 0.817. The number of nitrogens with zero attached hydrogens (tertiary/aromatic N) is 4. The van der Waals surface area contributed by atoms with Gasteiger partial charge < -0.3 is 11.1 Å². The number of hydrogen-bond acceptors (Lipinski definition) is 7. The van der Waals surface area contributed by atoms with E-state index >= 15 is 0 Å². The van der Waals surface area contributed by atoms with Gasteiger partial charge in [0.1, 0.15) is 12.1 Å². The number of rotatable bonds is 4. The summed E-state index contributed by atoms with van der Waals surface area (Å²) in [6.45, 7) is 0. The second-order valence-corrected chi connectivity index (χ2v) is 4.70. The number of pyridine rings is 1.